The van der Waals surface area contributed by atoms with Crippen LogP contribution < -0.4 is 10.1 Å². The van der Waals surface area contributed by atoms with E-state index < -0.39 is 0 Å². The van der Waals surface area contributed by atoms with E-state index in [9.17, 15) is 9.59 Å². The minimum atomic E-state index is -0.178. The Kier molecular flexibility index (Phi) is 8.46. The molecular weight excluding hydrogens is 458 g/mol. The van der Waals surface area contributed by atoms with Crippen LogP contribution in [0.4, 0.5) is 11.6 Å². The Labute approximate surface area is 211 Å². The Balaban J connectivity index is 1.27. The van der Waals surface area contributed by atoms with Crippen molar-refractivity contribution < 1.29 is 19.1 Å². The van der Waals surface area contributed by atoms with E-state index in [1.807, 2.05) is 53.4 Å². The van der Waals surface area contributed by atoms with Gasteiger partial charge in [0.1, 0.15) is 5.75 Å². The third-order valence-corrected chi connectivity index (χ3v) is 6.06. The third kappa shape index (κ3) is 6.57. The maximum absolute atomic E-state index is 12.9. The summed E-state index contributed by atoms with van der Waals surface area (Å²) >= 11 is 0. The summed E-state index contributed by atoms with van der Waals surface area (Å²) in [6.07, 6.45) is 3.91. The van der Waals surface area contributed by atoms with Crippen LogP contribution in [0.1, 0.15) is 23.7 Å². The van der Waals surface area contributed by atoms with Crippen LogP contribution >= 0.6 is 0 Å². The lowest BCUT2D eigenvalue weighted by molar-refractivity contribution is -0.143. The maximum atomic E-state index is 12.9. The topological polar surface area (TPSA) is 96.9 Å². The summed E-state index contributed by atoms with van der Waals surface area (Å²) in [7, 11) is 1.64. The Morgan fingerprint density at radius 1 is 0.917 bits per heavy atom. The van der Waals surface area contributed by atoms with Crippen molar-refractivity contribution in [2.75, 3.05) is 51.8 Å². The summed E-state index contributed by atoms with van der Waals surface area (Å²) in [5.41, 5.74) is 3.35. The number of amides is 1. The van der Waals surface area contributed by atoms with Crippen molar-refractivity contribution in [2.24, 2.45) is 0 Å². The van der Waals surface area contributed by atoms with E-state index in [0.29, 0.717) is 44.2 Å². The number of piperazine rings is 1. The number of nitrogens with zero attached hydrogens (tertiary/aromatic N) is 4. The number of methoxy groups -OCH3 is 1. The zero-order chi connectivity index (χ0) is 25.3. The van der Waals surface area contributed by atoms with Gasteiger partial charge in [0.25, 0.3) is 5.91 Å². The summed E-state index contributed by atoms with van der Waals surface area (Å²) in [6, 6.07) is 15.0. The molecule has 2 aromatic carbocycles. The molecule has 0 saturated carbocycles. The smallest absolute Gasteiger partial charge is 0.307 e. The number of carbonyl (C=O) groups excluding carboxylic acids is 2. The van der Waals surface area contributed by atoms with Gasteiger partial charge >= 0.3 is 5.97 Å². The molecule has 0 spiro atoms. The van der Waals surface area contributed by atoms with Crippen molar-refractivity contribution in [3.8, 4) is 16.9 Å². The van der Waals surface area contributed by atoms with Crippen LogP contribution in [0.2, 0.25) is 0 Å². The first-order valence-corrected chi connectivity index (χ1v) is 12.1. The van der Waals surface area contributed by atoms with Crippen LogP contribution in [0.25, 0.3) is 11.1 Å². The second-order valence-electron chi connectivity index (χ2n) is 8.42. The van der Waals surface area contributed by atoms with Crippen molar-refractivity contribution in [1.29, 1.82) is 0 Å². The van der Waals surface area contributed by atoms with Gasteiger partial charge in [-0.1, -0.05) is 12.1 Å². The van der Waals surface area contributed by atoms with Crippen LogP contribution in [0.3, 0.4) is 0 Å². The predicted octanol–water partition coefficient (Wildman–Crippen LogP) is 3.61. The lowest BCUT2D eigenvalue weighted by Gasteiger charge is -2.34. The highest BCUT2D eigenvalue weighted by Crippen LogP contribution is 2.22. The number of esters is 1. The molecule has 0 bridgehead atoms. The van der Waals surface area contributed by atoms with Crippen molar-refractivity contribution in [3.05, 3.63) is 66.5 Å². The molecule has 1 fully saturated rings. The lowest BCUT2D eigenvalue weighted by Crippen LogP contribution is -2.49. The van der Waals surface area contributed by atoms with E-state index in [4.69, 9.17) is 9.47 Å². The Hall–Kier alpha value is -3.98. The van der Waals surface area contributed by atoms with Gasteiger partial charge in [0.05, 0.1) is 20.1 Å². The number of hydrogen-bond donors (Lipinski definition) is 1. The molecule has 3 aromatic rings. The second kappa shape index (κ2) is 12.1. The van der Waals surface area contributed by atoms with Gasteiger partial charge in [-0.2, -0.15) is 0 Å². The van der Waals surface area contributed by atoms with E-state index in [2.05, 4.69) is 20.2 Å². The molecule has 9 heteroatoms. The quantitative estimate of drug-likeness (QED) is 0.456. The highest BCUT2D eigenvalue weighted by molar-refractivity contribution is 5.94. The summed E-state index contributed by atoms with van der Waals surface area (Å²) in [6.45, 7) is 5.62. The maximum Gasteiger partial charge on any atom is 0.307 e. The van der Waals surface area contributed by atoms with Crippen molar-refractivity contribution in [3.63, 3.8) is 0 Å². The van der Waals surface area contributed by atoms with Crippen molar-refractivity contribution in [1.82, 2.24) is 19.8 Å². The first-order chi connectivity index (χ1) is 17.6. The molecule has 1 aliphatic rings. The SMILES string of the molecule is CCOC(=O)CCN1CCN(C(=O)c2ccc(Nc3ncc(-c4ccc(OC)cc4)cn3)cc2)CC1. The van der Waals surface area contributed by atoms with Gasteiger partial charge < -0.3 is 19.7 Å². The number of nitrogens with one attached hydrogen (secondary N) is 1. The third-order valence-electron chi connectivity index (χ3n) is 6.06. The van der Waals surface area contributed by atoms with E-state index in [0.717, 1.165) is 35.7 Å². The largest absolute Gasteiger partial charge is 0.497 e. The highest BCUT2D eigenvalue weighted by atomic mass is 16.5. The number of ether oxygens (including phenoxy) is 2. The fourth-order valence-electron chi connectivity index (χ4n) is 3.99. The molecule has 1 saturated heterocycles. The second-order valence-corrected chi connectivity index (χ2v) is 8.42. The minimum Gasteiger partial charge on any atom is -0.497 e. The molecule has 1 amide bonds. The fraction of sp³-hybridized carbons (Fsp3) is 0.333. The molecule has 36 heavy (non-hydrogen) atoms. The molecule has 1 aliphatic heterocycles. The zero-order valence-electron chi connectivity index (χ0n) is 20.6. The summed E-state index contributed by atoms with van der Waals surface area (Å²) < 4.78 is 10.2. The normalized spacial score (nSPS) is 13.8. The molecule has 9 nitrogen and oxygen atoms in total. The first kappa shape index (κ1) is 25.1. The van der Waals surface area contributed by atoms with Gasteiger partial charge in [-0.15, -0.1) is 0 Å². The molecular formula is C27H31N5O4. The Morgan fingerprint density at radius 3 is 2.19 bits per heavy atom. The molecule has 188 valence electrons. The number of carbonyl (C=O) groups is 2. The van der Waals surface area contributed by atoms with Gasteiger partial charge in [0.15, 0.2) is 0 Å². The van der Waals surface area contributed by atoms with Crippen LogP contribution in [0, 0.1) is 0 Å². The van der Waals surface area contributed by atoms with E-state index >= 15 is 0 Å². The standard InChI is InChI=1S/C27H31N5O4/c1-3-36-25(33)12-13-31-14-16-32(17-15-31)26(34)21-4-8-23(9-5-21)30-27-28-18-22(19-29-27)20-6-10-24(35-2)11-7-20/h4-11,18-19H,3,12-17H2,1-2H3,(H,28,29,30). The highest BCUT2D eigenvalue weighted by Gasteiger charge is 2.22. The number of benzene rings is 2. The average Bonchev–Trinajstić information content (AvgIpc) is 2.93. The minimum absolute atomic E-state index is 0.00619. The number of anilines is 2. The lowest BCUT2D eigenvalue weighted by atomic mass is 10.1. The summed E-state index contributed by atoms with van der Waals surface area (Å²) in [4.78, 5) is 37.3. The van der Waals surface area contributed by atoms with Gasteiger partial charge in [0.2, 0.25) is 5.95 Å². The van der Waals surface area contributed by atoms with Gasteiger partial charge in [-0.05, 0) is 48.9 Å². The van der Waals surface area contributed by atoms with Crippen LogP contribution in [0.15, 0.2) is 60.9 Å². The number of aromatic nitrogens is 2. The molecule has 1 aromatic heterocycles. The molecule has 0 unspecified atom stereocenters. The molecule has 0 atom stereocenters. The van der Waals surface area contributed by atoms with Crippen molar-refractivity contribution in [2.45, 2.75) is 13.3 Å². The molecule has 2 heterocycles. The van der Waals surface area contributed by atoms with Crippen LogP contribution in [-0.2, 0) is 9.53 Å². The summed E-state index contributed by atoms with van der Waals surface area (Å²) in [5, 5.41) is 3.17. The molecule has 1 N–H and O–H groups in total. The molecule has 0 aliphatic carbocycles. The van der Waals surface area contributed by atoms with Crippen LogP contribution in [-0.4, -0.2) is 78.1 Å². The van der Waals surface area contributed by atoms with Gasteiger partial charge in [-0.3, -0.25) is 14.5 Å². The van der Waals surface area contributed by atoms with Gasteiger partial charge in [-0.25, -0.2) is 9.97 Å². The zero-order valence-corrected chi connectivity index (χ0v) is 20.6. The monoisotopic (exact) mass is 489 g/mol. The average molecular weight is 490 g/mol. The van der Waals surface area contributed by atoms with Crippen LogP contribution in [0.5, 0.6) is 5.75 Å². The number of rotatable bonds is 9. The Morgan fingerprint density at radius 2 is 1.58 bits per heavy atom. The van der Waals surface area contributed by atoms with E-state index in [-0.39, 0.29) is 11.9 Å². The Bertz CT molecular complexity index is 1140. The van der Waals surface area contributed by atoms with Gasteiger partial charge in [0, 0.05) is 61.9 Å². The molecule has 4 rings (SSSR count). The first-order valence-electron chi connectivity index (χ1n) is 12.1. The summed E-state index contributed by atoms with van der Waals surface area (Å²) in [5.74, 6) is 1.11. The van der Waals surface area contributed by atoms with E-state index in [1.54, 1.807) is 26.4 Å². The molecule has 0 radical (unpaired) electrons. The predicted molar refractivity (Wildman–Crippen MR) is 137 cm³/mol. The number of hydrogen-bond acceptors (Lipinski definition) is 8. The van der Waals surface area contributed by atoms with Crippen molar-refractivity contribution >= 4 is 23.5 Å². The van der Waals surface area contributed by atoms with E-state index in [1.165, 1.54) is 0 Å². The fourth-order valence-corrected chi connectivity index (χ4v) is 3.99.